The molecule has 1 aromatic carbocycles. The van der Waals surface area contributed by atoms with Crippen LogP contribution in [0.2, 0.25) is 0 Å². The normalized spacial score (nSPS) is 13.9. The van der Waals surface area contributed by atoms with Crippen molar-refractivity contribution in [1.82, 2.24) is 5.32 Å². The second-order valence-electron chi connectivity index (χ2n) is 5.82. The third-order valence-electron chi connectivity index (χ3n) is 3.56. The van der Waals surface area contributed by atoms with E-state index < -0.39 is 9.84 Å². The predicted octanol–water partition coefficient (Wildman–Crippen LogP) is 3.15. The van der Waals surface area contributed by atoms with Gasteiger partial charge in [-0.15, -0.1) is 0 Å². The highest BCUT2D eigenvalue weighted by molar-refractivity contribution is 7.91. The molecule has 2 aromatic rings. The molecule has 0 radical (unpaired) electrons. The summed E-state index contributed by atoms with van der Waals surface area (Å²) < 4.78 is 30.2. The first kappa shape index (κ1) is 16.0. The van der Waals surface area contributed by atoms with Crippen LogP contribution in [0.1, 0.15) is 32.1 Å². The summed E-state index contributed by atoms with van der Waals surface area (Å²) in [7, 11) is -1.34. The van der Waals surface area contributed by atoms with Gasteiger partial charge in [-0.05, 0) is 31.5 Å². The molecule has 1 heterocycles. The minimum Gasteiger partial charge on any atom is -0.459 e. The molecule has 2 rings (SSSR count). The van der Waals surface area contributed by atoms with E-state index in [-0.39, 0.29) is 17.5 Å². The molecule has 0 aliphatic carbocycles. The van der Waals surface area contributed by atoms with Crippen LogP contribution < -0.4 is 5.32 Å². The van der Waals surface area contributed by atoms with Crippen LogP contribution in [0.15, 0.2) is 34.7 Å². The summed E-state index contributed by atoms with van der Waals surface area (Å²) in [5.74, 6) is 1.35. The molecule has 21 heavy (non-hydrogen) atoms. The smallest absolute Gasteiger partial charge is 0.152 e. The Hall–Kier alpha value is -1.33. The van der Waals surface area contributed by atoms with Crippen molar-refractivity contribution in [2.45, 2.75) is 26.3 Å². The van der Waals surface area contributed by atoms with Crippen molar-refractivity contribution in [3.63, 3.8) is 0 Å². The zero-order chi connectivity index (χ0) is 15.5. The molecule has 4 nitrogen and oxygen atoms in total. The average molecular weight is 309 g/mol. The van der Waals surface area contributed by atoms with E-state index in [2.05, 4.69) is 5.32 Å². The zero-order valence-corrected chi connectivity index (χ0v) is 13.6. The highest BCUT2D eigenvalue weighted by atomic mass is 32.2. The maximum Gasteiger partial charge on any atom is 0.152 e. The molecule has 116 valence electrons. The van der Waals surface area contributed by atoms with Crippen LogP contribution in [0, 0.1) is 5.92 Å². The molecule has 0 amide bonds. The quantitative estimate of drug-likeness (QED) is 0.853. The monoisotopic (exact) mass is 309 g/mol. The Bertz CT molecular complexity index is 655. The van der Waals surface area contributed by atoms with Crippen LogP contribution in [0.3, 0.4) is 0 Å². The molecule has 0 spiro atoms. The van der Waals surface area contributed by atoms with Crippen molar-refractivity contribution in [2.24, 2.45) is 5.92 Å². The second kappa shape index (κ2) is 6.62. The Labute approximate surface area is 126 Å². The number of hydrogen-bond acceptors (Lipinski definition) is 4. The maximum absolute atomic E-state index is 12.2. The number of nitrogens with one attached hydrogen (secondary N) is 1. The summed E-state index contributed by atoms with van der Waals surface area (Å²) in [6.45, 7) is 4.06. The van der Waals surface area contributed by atoms with E-state index in [1.54, 1.807) is 7.05 Å². The summed E-state index contributed by atoms with van der Waals surface area (Å²) >= 11 is 0. The Morgan fingerprint density at radius 1 is 1.24 bits per heavy atom. The molecule has 0 aliphatic rings. The van der Waals surface area contributed by atoms with Crippen molar-refractivity contribution in [2.75, 3.05) is 18.6 Å². The first-order chi connectivity index (χ1) is 9.91. The molecule has 0 aliphatic heterocycles. The van der Waals surface area contributed by atoms with Crippen LogP contribution in [-0.2, 0) is 9.84 Å². The first-order valence-corrected chi connectivity index (χ1v) is 9.09. The molecular weight excluding hydrogens is 286 g/mol. The van der Waals surface area contributed by atoms with E-state index >= 15 is 0 Å². The topological polar surface area (TPSA) is 59.3 Å². The van der Waals surface area contributed by atoms with Gasteiger partial charge in [0.05, 0.1) is 17.5 Å². The first-order valence-electron chi connectivity index (χ1n) is 7.27. The highest BCUT2D eigenvalue weighted by Gasteiger charge is 2.22. The van der Waals surface area contributed by atoms with Gasteiger partial charge in [0.25, 0.3) is 0 Å². The van der Waals surface area contributed by atoms with Crippen molar-refractivity contribution in [1.29, 1.82) is 0 Å². The Morgan fingerprint density at radius 2 is 1.95 bits per heavy atom. The SMILES string of the molecule is CNC(CS(=O)(=O)CCC(C)C)c1cc2ccccc2o1. The van der Waals surface area contributed by atoms with Gasteiger partial charge in [-0.1, -0.05) is 32.0 Å². The number of para-hydroxylation sites is 1. The maximum atomic E-state index is 12.2. The lowest BCUT2D eigenvalue weighted by atomic mass is 10.2. The van der Waals surface area contributed by atoms with Gasteiger partial charge < -0.3 is 9.73 Å². The van der Waals surface area contributed by atoms with E-state index in [1.807, 2.05) is 44.2 Å². The van der Waals surface area contributed by atoms with E-state index in [0.29, 0.717) is 18.1 Å². The third kappa shape index (κ3) is 4.32. The van der Waals surface area contributed by atoms with Crippen molar-refractivity contribution in [3.05, 3.63) is 36.1 Å². The van der Waals surface area contributed by atoms with Gasteiger partial charge in [-0.25, -0.2) is 8.42 Å². The van der Waals surface area contributed by atoms with Crippen LogP contribution in [0.4, 0.5) is 0 Å². The summed E-state index contributed by atoms with van der Waals surface area (Å²) in [6.07, 6.45) is 0.693. The minimum absolute atomic E-state index is 0.0655. The molecular formula is C16H23NO3S. The molecule has 1 aromatic heterocycles. The lowest BCUT2D eigenvalue weighted by Crippen LogP contribution is -2.26. The van der Waals surface area contributed by atoms with Gasteiger partial charge in [0, 0.05) is 5.39 Å². The van der Waals surface area contributed by atoms with E-state index in [0.717, 1.165) is 11.0 Å². The summed E-state index contributed by atoms with van der Waals surface area (Å²) in [5.41, 5.74) is 0.785. The molecule has 1 N–H and O–H groups in total. The van der Waals surface area contributed by atoms with E-state index in [4.69, 9.17) is 4.42 Å². The van der Waals surface area contributed by atoms with Crippen LogP contribution >= 0.6 is 0 Å². The zero-order valence-electron chi connectivity index (χ0n) is 12.8. The standard InChI is InChI=1S/C16H23NO3S/c1-12(2)8-9-21(18,19)11-14(17-3)16-10-13-6-4-5-7-15(13)20-16/h4-7,10,12,14,17H,8-9,11H2,1-3H3. The predicted molar refractivity (Wildman–Crippen MR) is 86.1 cm³/mol. The molecule has 1 atom stereocenters. The molecule has 0 saturated carbocycles. The van der Waals surface area contributed by atoms with Gasteiger partial charge in [0.1, 0.15) is 11.3 Å². The van der Waals surface area contributed by atoms with Crippen molar-refractivity contribution in [3.8, 4) is 0 Å². The molecule has 0 bridgehead atoms. The fourth-order valence-electron chi connectivity index (χ4n) is 2.23. The number of benzene rings is 1. The Kier molecular flexibility index (Phi) is 5.06. The minimum atomic E-state index is -3.10. The van der Waals surface area contributed by atoms with Gasteiger partial charge >= 0.3 is 0 Å². The van der Waals surface area contributed by atoms with Gasteiger partial charge in [-0.2, -0.15) is 0 Å². The van der Waals surface area contributed by atoms with Crippen LogP contribution in [0.5, 0.6) is 0 Å². The number of hydrogen-bond donors (Lipinski definition) is 1. The third-order valence-corrected chi connectivity index (χ3v) is 5.26. The largest absolute Gasteiger partial charge is 0.459 e. The summed E-state index contributed by atoms with van der Waals surface area (Å²) in [6, 6.07) is 9.29. The number of sulfone groups is 1. The van der Waals surface area contributed by atoms with Crippen LogP contribution in [0.25, 0.3) is 11.0 Å². The number of furan rings is 1. The fraction of sp³-hybridized carbons (Fsp3) is 0.500. The molecule has 0 saturated heterocycles. The molecule has 0 fully saturated rings. The van der Waals surface area contributed by atoms with Gasteiger partial charge in [0.15, 0.2) is 9.84 Å². The van der Waals surface area contributed by atoms with Crippen molar-refractivity contribution < 1.29 is 12.8 Å². The average Bonchev–Trinajstić information content (AvgIpc) is 2.86. The highest BCUT2D eigenvalue weighted by Crippen LogP contribution is 2.25. The van der Waals surface area contributed by atoms with Gasteiger partial charge in [-0.3, -0.25) is 0 Å². The lowest BCUT2D eigenvalue weighted by Gasteiger charge is -2.14. The second-order valence-corrected chi connectivity index (χ2v) is 8.05. The van der Waals surface area contributed by atoms with E-state index in [1.165, 1.54) is 0 Å². The Balaban J connectivity index is 2.15. The fourth-order valence-corrected chi connectivity index (χ4v) is 4.07. The molecule has 5 heteroatoms. The van der Waals surface area contributed by atoms with Crippen molar-refractivity contribution >= 4 is 20.8 Å². The summed E-state index contributed by atoms with van der Waals surface area (Å²) in [4.78, 5) is 0. The van der Waals surface area contributed by atoms with E-state index in [9.17, 15) is 8.42 Å². The lowest BCUT2D eigenvalue weighted by molar-refractivity contribution is 0.470. The number of rotatable bonds is 7. The molecule has 1 unspecified atom stereocenters. The Morgan fingerprint density at radius 3 is 2.57 bits per heavy atom. The summed E-state index contributed by atoms with van der Waals surface area (Å²) in [5, 5.41) is 4.04. The number of fused-ring (bicyclic) bond motifs is 1. The van der Waals surface area contributed by atoms with Gasteiger partial charge in [0.2, 0.25) is 0 Å². The van der Waals surface area contributed by atoms with Crippen LogP contribution in [-0.4, -0.2) is 27.0 Å².